The molecule has 132 valence electrons. The van der Waals surface area contributed by atoms with Crippen LogP contribution in [0.4, 0.5) is 0 Å². The summed E-state index contributed by atoms with van der Waals surface area (Å²) in [4.78, 5) is 0. The lowest BCUT2D eigenvalue weighted by atomic mass is 10.0. The van der Waals surface area contributed by atoms with Gasteiger partial charge in [0.25, 0.3) is 0 Å². The van der Waals surface area contributed by atoms with Crippen LogP contribution in [0.5, 0.6) is 0 Å². The van der Waals surface area contributed by atoms with Crippen LogP contribution in [-0.2, 0) is 0 Å². The molecule has 0 aromatic heterocycles. The molecule has 0 saturated heterocycles. The van der Waals surface area contributed by atoms with Crippen molar-refractivity contribution in [3.8, 4) is 0 Å². The minimum atomic E-state index is 0.898. The summed E-state index contributed by atoms with van der Waals surface area (Å²) in [5, 5.41) is 7.00. The maximum atomic E-state index is 7.00. The SMILES string of the molecule is CC1CCCCCC1.CCCC(C)C.CCCCC.CO. The first-order valence-electron chi connectivity index (χ1n) is 9.53. The molecule has 21 heavy (non-hydrogen) atoms. The molecule has 1 heteroatoms. The van der Waals surface area contributed by atoms with Gasteiger partial charge in [-0.2, -0.15) is 0 Å². The summed E-state index contributed by atoms with van der Waals surface area (Å²) in [6.45, 7) is 13.5. The van der Waals surface area contributed by atoms with Crippen LogP contribution >= 0.6 is 0 Å². The monoisotopic (exact) mass is 302 g/mol. The minimum Gasteiger partial charge on any atom is -0.400 e. The highest BCUT2D eigenvalue weighted by molar-refractivity contribution is 4.58. The lowest BCUT2D eigenvalue weighted by Crippen LogP contribution is -1.88. The van der Waals surface area contributed by atoms with Crippen molar-refractivity contribution in [1.29, 1.82) is 0 Å². The molecule has 1 aliphatic rings. The molecule has 1 rings (SSSR count). The van der Waals surface area contributed by atoms with Crippen LogP contribution in [-0.4, -0.2) is 12.2 Å². The predicted molar refractivity (Wildman–Crippen MR) is 100.0 cm³/mol. The molecule has 1 fully saturated rings. The molecule has 0 aromatic carbocycles. The fourth-order valence-corrected chi connectivity index (χ4v) is 2.41. The van der Waals surface area contributed by atoms with E-state index < -0.39 is 0 Å². The van der Waals surface area contributed by atoms with Gasteiger partial charge in [0.05, 0.1) is 0 Å². The van der Waals surface area contributed by atoms with Gasteiger partial charge in [-0.3, -0.25) is 0 Å². The minimum absolute atomic E-state index is 0.898. The molecule has 0 aliphatic heterocycles. The Bertz CT molecular complexity index is 133. The molecule has 0 unspecified atom stereocenters. The van der Waals surface area contributed by atoms with Crippen LogP contribution in [0.2, 0.25) is 0 Å². The zero-order valence-electron chi connectivity index (χ0n) is 16.4. The molecule has 1 N–H and O–H groups in total. The Morgan fingerprint density at radius 3 is 1.43 bits per heavy atom. The Kier molecular flexibility index (Phi) is 30.8. The molecular formula is C20H46O. The zero-order valence-corrected chi connectivity index (χ0v) is 16.4. The van der Waals surface area contributed by atoms with Crippen LogP contribution in [0, 0.1) is 11.8 Å². The summed E-state index contributed by atoms with van der Waals surface area (Å²) in [5.41, 5.74) is 0. The van der Waals surface area contributed by atoms with Crippen LogP contribution in [0.3, 0.4) is 0 Å². The van der Waals surface area contributed by atoms with Crippen LogP contribution in [0.25, 0.3) is 0 Å². The number of unbranched alkanes of at least 4 members (excludes halogenated alkanes) is 2. The second kappa shape index (κ2) is 24.9. The molecule has 1 nitrogen and oxygen atoms in total. The second-order valence-electron chi connectivity index (χ2n) is 6.63. The van der Waals surface area contributed by atoms with E-state index >= 15 is 0 Å². The smallest absolute Gasteiger partial charge is 0.0319 e. The Hall–Kier alpha value is -0.0400. The number of aliphatic hydroxyl groups excluding tert-OH is 1. The van der Waals surface area contributed by atoms with Gasteiger partial charge >= 0.3 is 0 Å². The summed E-state index contributed by atoms with van der Waals surface area (Å²) in [6, 6.07) is 0. The maximum Gasteiger partial charge on any atom is 0.0319 e. The van der Waals surface area contributed by atoms with Gasteiger partial charge in [0.1, 0.15) is 0 Å². The standard InChI is InChI=1S/C8H16.C6H14.C5H12.CH4O/c1-8-6-4-2-3-5-7-8;1-4-5-6(2)3;1-3-5-4-2;1-2/h8H,2-7H2,1H3;6H,4-5H2,1-3H3;3-5H2,1-2H3;2H,1H3. The number of hydrogen-bond donors (Lipinski definition) is 1. The van der Waals surface area contributed by atoms with Crippen molar-refractivity contribution < 1.29 is 5.11 Å². The van der Waals surface area contributed by atoms with E-state index in [2.05, 4.69) is 41.5 Å². The highest BCUT2D eigenvalue weighted by Gasteiger charge is 2.05. The maximum absolute atomic E-state index is 7.00. The first kappa shape index (κ1) is 25.9. The van der Waals surface area contributed by atoms with Gasteiger partial charge in [0.2, 0.25) is 0 Å². The van der Waals surface area contributed by atoms with Crippen LogP contribution < -0.4 is 0 Å². The van der Waals surface area contributed by atoms with E-state index in [4.69, 9.17) is 5.11 Å². The van der Waals surface area contributed by atoms with Gasteiger partial charge in [-0.15, -0.1) is 0 Å². The Labute approximate surface area is 136 Å². The second-order valence-corrected chi connectivity index (χ2v) is 6.63. The quantitative estimate of drug-likeness (QED) is 0.543. The van der Waals surface area contributed by atoms with E-state index in [1.165, 1.54) is 70.6 Å². The van der Waals surface area contributed by atoms with Gasteiger partial charge in [0.15, 0.2) is 0 Å². The van der Waals surface area contributed by atoms with Crippen molar-refractivity contribution in [2.75, 3.05) is 7.11 Å². The molecule has 0 atom stereocenters. The number of rotatable bonds is 4. The van der Waals surface area contributed by atoms with Crippen molar-refractivity contribution in [2.24, 2.45) is 11.8 Å². The third-order valence-corrected chi connectivity index (χ3v) is 3.72. The van der Waals surface area contributed by atoms with E-state index in [0.717, 1.165) is 18.9 Å². The zero-order chi connectivity index (χ0) is 16.9. The fourth-order valence-electron chi connectivity index (χ4n) is 2.41. The molecular weight excluding hydrogens is 256 g/mol. The van der Waals surface area contributed by atoms with Crippen molar-refractivity contribution in [1.82, 2.24) is 0 Å². The third-order valence-electron chi connectivity index (χ3n) is 3.72. The number of hydrogen-bond acceptors (Lipinski definition) is 1. The Morgan fingerprint density at radius 2 is 1.24 bits per heavy atom. The van der Waals surface area contributed by atoms with Crippen molar-refractivity contribution in [3.63, 3.8) is 0 Å². The van der Waals surface area contributed by atoms with Crippen molar-refractivity contribution in [3.05, 3.63) is 0 Å². The molecule has 0 spiro atoms. The molecule has 0 radical (unpaired) electrons. The summed E-state index contributed by atoms with van der Waals surface area (Å²) in [7, 11) is 1.00. The first-order chi connectivity index (χ1) is 10.1. The molecule has 0 bridgehead atoms. The van der Waals surface area contributed by atoms with E-state index in [1.807, 2.05) is 0 Å². The molecule has 1 saturated carbocycles. The van der Waals surface area contributed by atoms with E-state index in [1.54, 1.807) is 0 Å². The topological polar surface area (TPSA) is 20.2 Å². The largest absolute Gasteiger partial charge is 0.400 e. The summed E-state index contributed by atoms with van der Waals surface area (Å²) in [5.74, 6) is 1.92. The number of aliphatic hydroxyl groups is 1. The summed E-state index contributed by atoms with van der Waals surface area (Å²) < 4.78 is 0. The highest BCUT2D eigenvalue weighted by atomic mass is 16.2. The molecule has 1 aliphatic carbocycles. The third kappa shape index (κ3) is 33.0. The van der Waals surface area contributed by atoms with E-state index in [9.17, 15) is 0 Å². The average molecular weight is 303 g/mol. The van der Waals surface area contributed by atoms with Gasteiger partial charge in [-0.25, -0.2) is 0 Å². The average Bonchev–Trinajstić information content (AvgIpc) is 2.71. The van der Waals surface area contributed by atoms with Gasteiger partial charge in [-0.05, 0) is 11.8 Å². The Balaban J connectivity index is -0.000000225. The van der Waals surface area contributed by atoms with Crippen molar-refractivity contribution >= 4 is 0 Å². The summed E-state index contributed by atoms with van der Waals surface area (Å²) >= 11 is 0. The van der Waals surface area contributed by atoms with Crippen LogP contribution in [0.15, 0.2) is 0 Å². The predicted octanol–water partition coefficient (Wildman–Crippen LogP) is 7.22. The van der Waals surface area contributed by atoms with Crippen molar-refractivity contribution in [2.45, 2.75) is 112 Å². The van der Waals surface area contributed by atoms with Gasteiger partial charge in [0, 0.05) is 7.11 Å². The van der Waals surface area contributed by atoms with E-state index in [-0.39, 0.29) is 0 Å². The van der Waals surface area contributed by atoms with Gasteiger partial charge < -0.3 is 5.11 Å². The fraction of sp³-hybridized carbons (Fsp3) is 1.00. The molecule has 0 amide bonds. The van der Waals surface area contributed by atoms with E-state index in [0.29, 0.717) is 0 Å². The van der Waals surface area contributed by atoms with Gasteiger partial charge in [-0.1, -0.05) is 112 Å². The summed E-state index contributed by atoms with van der Waals surface area (Å²) in [6.07, 6.45) is 15.7. The lowest BCUT2D eigenvalue weighted by molar-refractivity contribution is 0.399. The van der Waals surface area contributed by atoms with Crippen LogP contribution in [0.1, 0.15) is 112 Å². The normalized spacial score (nSPS) is 14.7. The lowest BCUT2D eigenvalue weighted by Gasteiger charge is -2.02. The Morgan fingerprint density at radius 1 is 0.810 bits per heavy atom. The molecule has 0 heterocycles. The molecule has 0 aromatic rings. The highest BCUT2D eigenvalue weighted by Crippen LogP contribution is 2.21. The first-order valence-corrected chi connectivity index (χ1v) is 9.53.